The lowest BCUT2D eigenvalue weighted by atomic mass is 10.1. The van der Waals surface area contributed by atoms with Gasteiger partial charge >= 0.3 is 0 Å². The topological polar surface area (TPSA) is 97.2 Å². The Bertz CT molecular complexity index is 1070. The van der Waals surface area contributed by atoms with Crippen molar-refractivity contribution in [3.05, 3.63) is 65.6 Å². The molecule has 1 aliphatic heterocycles. The van der Waals surface area contributed by atoms with E-state index in [1.807, 2.05) is 30.3 Å². The van der Waals surface area contributed by atoms with Crippen molar-refractivity contribution in [2.45, 2.75) is 36.1 Å². The van der Waals surface area contributed by atoms with Crippen LogP contribution in [0.4, 0.5) is 0 Å². The van der Waals surface area contributed by atoms with Gasteiger partial charge in [-0.3, -0.25) is 9.48 Å². The zero-order valence-electron chi connectivity index (χ0n) is 16.3. The van der Waals surface area contributed by atoms with Gasteiger partial charge in [0.25, 0.3) is 10.0 Å². The van der Waals surface area contributed by atoms with E-state index < -0.39 is 10.0 Å². The monoisotopic (exact) mass is 445 g/mol. The molecule has 1 saturated heterocycles. The molecule has 158 valence electrons. The van der Waals surface area contributed by atoms with Crippen LogP contribution in [0.3, 0.4) is 0 Å². The molecular formula is C20H23N5O3S2. The maximum Gasteiger partial charge on any atom is 0.252 e. The lowest BCUT2D eigenvalue weighted by molar-refractivity contribution is -0.121. The minimum Gasteiger partial charge on any atom is -0.347 e. The van der Waals surface area contributed by atoms with E-state index in [0.29, 0.717) is 23.8 Å². The Morgan fingerprint density at radius 1 is 1.13 bits per heavy atom. The molecule has 8 nitrogen and oxygen atoms in total. The number of rotatable bonds is 8. The molecule has 2 aromatic heterocycles. The average molecular weight is 446 g/mol. The van der Waals surface area contributed by atoms with E-state index in [2.05, 4.69) is 15.4 Å². The van der Waals surface area contributed by atoms with E-state index in [9.17, 15) is 13.2 Å². The van der Waals surface area contributed by atoms with Gasteiger partial charge in [-0.05, 0) is 30.5 Å². The van der Waals surface area contributed by atoms with Gasteiger partial charge in [0.1, 0.15) is 16.9 Å². The zero-order chi connectivity index (χ0) is 21.0. The fourth-order valence-corrected chi connectivity index (χ4v) is 6.51. The zero-order valence-corrected chi connectivity index (χ0v) is 18.0. The van der Waals surface area contributed by atoms with E-state index in [1.54, 1.807) is 23.1 Å². The van der Waals surface area contributed by atoms with Gasteiger partial charge in [0, 0.05) is 18.0 Å². The summed E-state index contributed by atoms with van der Waals surface area (Å²) < 4.78 is 28.9. The Labute approximate surface area is 179 Å². The van der Waals surface area contributed by atoms with Crippen LogP contribution in [-0.4, -0.2) is 46.5 Å². The van der Waals surface area contributed by atoms with Crippen LogP contribution < -0.4 is 5.32 Å². The Morgan fingerprint density at radius 3 is 2.60 bits per heavy atom. The van der Waals surface area contributed by atoms with Crippen molar-refractivity contribution < 1.29 is 13.2 Å². The molecule has 0 radical (unpaired) electrons. The van der Waals surface area contributed by atoms with Crippen molar-refractivity contribution in [3.63, 3.8) is 0 Å². The van der Waals surface area contributed by atoms with Gasteiger partial charge in [0.2, 0.25) is 5.91 Å². The molecule has 1 unspecified atom stereocenters. The smallest absolute Gasteiger partial charge is 0.252 e. The van der Waals surface area contributed by atoms with E-state index in [-0.39, 0.29) is 18.4 Å². The van der Waals surface area contributed by atoms with E-state index >= 15 is 0 Å². The van der Waals surface area contributed by atoms with Crippen LogP contribution in [-0.2, 0) is 27.8 Å². The fourth-order valence-electron chi connectivity index (χ4n) is 3.49. The van der Waals surface area contributed by atoms with E-state index in [0.717, 1.165) is 23.3 Å². The van der Waals surface area contributed by atoms with Crippen molar-refractivity contribution in [2.24, 2.45) is 0 Å². The second-order valence-corrected chi connectivity index (χ2v) is 10.5. The second kappa shape index (κ2) is 9.07. The highest BCUT2D eigenvalue weighted by Gasteiger charge is 2.28. The minimum atomic E-state index is -3.45. The molecule has 1 fully saturated rings. The SMILES string of the molecule is O=C(Cc1ccc(S(=O)(=O)N2CCCC2)s1)NC(Cn1cncn1)c1ccccc1. The van der Waals surface area contributed by atoms with Gasteiger partial charge in [0.05, 0.1) is 19.0 Å². The molecular weight excluding hydrogens is 422 g/mol. The van der Waals surface area contributed by atoms with Gasteiger partial charge in [-0.2, -0.15) is 9.40 Å². The van der Waals surface area contributed by atoms with Crippen molar-refractivity contribution >= 4 is 27.3 Å². The highest BCUT2D eigenvalue weighted by Crippen LogP contribution is 2.27. The van der Waals surface area contributed by atoms with Crippen LogP contribution in [0.25, 0.3) is 0 Å². The summed E-state index contributed by atoms with van der Waals surface area (Å²) in [6.45, 7) is 1.59. The molecule has 1 aromatic carbocycles. The first-order chi connectivity index (χ1) is 14.5. The van der Waals surface area contributed by atoms with Gasteiger partial charge < -0.3 is 5.32 Å². The summed E-state index contributed by atoms with van der Waals surface area (Å²) in [4.78, 5) is 17.4. The lowest BCUT2D eigenvalue weighted by Crippen LogP contribution is -2.32. The van der Waals surface area contributed by atoms with Crippen molar-refractivity contribution in [1.29, 1.82) is 0 Å². The maximum atomic E-state index is 12.7. The normalized spacial score (nSPS) is 15.9. The minimum absolute atomic E-state index is 0.126. The summed E-state index contributed by atoms with van der Waals surface area (Å²) >= 11 is 1.17. The lowest BCUT2D eigenvalue weighted by Gasteiger charge is -2.19. The highest BCUT2D eigenvalue weighted by atomic mass is 32.2. The summed E-state index contributed by atoms with van der Waals surface area (Å²) in [5.74, 6) is -0.170. The third kappa shape index (κ3) is 4.77. The van der Waals surface area contributed by atoms with Crippen LogP contribution in [0, 0.1) is 0 Å². The molecule has 3 aromatic rings. The first-order valence-corrected chi connectivity index (χ1v) is 12.0. The number of aromatic nitrogens is 3. The Kier molecular flexibility index (Phi) is 6.26. The first-order valence-electron chi connectivity index (χ1n) is 9.78. The second-order valence-electron chi connectivity index (χ2n) is 7.16. The molecule has 0 saturated carbocycles. The number of nitrogens with one attached hydrogen (secondary N) is 1. The highest BCUT2D eigenvalue weighted by molar-refractivity contribution is 7.91. The largest absolute Gasteiger partial charge is 0.347 e. The van der Waals surface area contributed by atoms with Crippen LogP contribution in [0.5, 0.6) is 0 Å². The average Bonchev–Trinajstić information content (AvgIpc) is 3.51. The Balaban J connectivity index is 1.44. The third-order valence-electron chi connectivity index (χ3n) is 5.00. The van der Waals surface area contributed by atoms with Crippen LogP contribution in [0.2, 0.25) is 0 Å². The molecule has 1 amide bonds. The van der Waals surface area contributed by atoms with Crippen LogP contribution >= 0.6 is 11.3 Å². The molecule has 0 spiro atoms. The summed E-state index contributed by atoms with van der Waals surface area (Å²) in [5.41, 5.74) is 0.963. The quantitative estimate of drug-likeness (QED) is 0.573. The van der Waals surface area contributed by atoms with Crippen molar-refractivity contribution in [2.75, 3.05) is 13.1 Å². The number of carbonyl (C=O) groups is 1. The number of nitrogens with zero attached hydrogens (tertiary/aromatic N) is 4. The predicted molar refractivity (Wildman–Crippen MR) is 113 cm³/mol. The number of hydrogen-bond donors (Lipinski definition) is 1. The number of amides is 1. The molecule has 1 aliphatic rings. The Hall–Kier alpha value is -2.56. The van der Waals surface area contributed by atoms with E-state index in [1.165, 1.54) is 22.0 Å². The van der Waals surface area contributed by atoms with Crippen molar-refractivity contribution in [3.8, 4) is 0 Å². The fraction of sp³-hybridized carbons (Fsp3) is 0.350. The number of hydrogen-bond acceptors (Lipinski definition) is 6. The standard InChI is InChI=1S/C20H23N5O3S2/c26-19(12-17-8-9-20(29-17)30(27,28)25-10-4-5-11-25)23-18(13-24-15-21-14-22-24)16-6-2-1-3-7-16/h1-3,6-9,14-15,18H,4-5,10-13H2,(H,23,26). The molecule has 3 heterocycles. The molecule has 1 N–H and O–H groups in total. The summed E-state index contributed by atoms with van der Waals surface area (Å²) in [7, 11) is -3.45. The van der Waals surface area contributed by atoms with Crippen molar-refractivity contribution in [1.82, 2.24) is 24.4 Å². The summed E-state index contributed by atoms with van der Waals surface area (Å²) in [5, 5.41) is 7.17. The predicted octanol–water partition coefficient (Wildman–Crippen LogP) is 2.22. The Morgan fingerprint density at radius 2 is 1.90 bits per heavy atom. The van der Waals surface area contributed by atoms with Gasteiger partial charge in [0.15, 0.2) is 0 Å². The molecule has 10 heteroatoms. The number of benzene rings is 1. The van der Waals surface area contributed by atoms with E-state index in [4.69, 9.17) is 0 Å². The summed E-state index contributed by atoms with van der Waals surface area (Å²) in [6.07, 6.45) is 4.98. The molecule has 0 bridgehead atoms. The molecule has 30 heavy (non-hydrogen) atoms. The first kappa shape index (κ1) is 20.7. The van der Waals surface area contributed by atoms with Gasteiger partial charge in [-0.15, -0.1) is 11.3 Å². The van der Waals surface area contributed by atoms with Gasteiger partial charge in [-0.1, -0.05) is 30.3 Å². The molecule has 0 aliphatic carbocycles. The number of thiophene rings is 1. The molecule has 4 rings (SSSR count). The maximum absolute atomic E-state index is 12.7. The number of sulfonamides is 1. The molecule has 1 atom stereocenters. The van der Waals surface area contributed by atoms with Crippen LogP contribution in [0.1, 0.15) is 29.3 Å². The van der Waals surface area contributed by atoms with Gasteiger partial charge in [-0.25, -0.2) is 13.4 Å². The number of carbonyl (C=O) groups excluding carboxylic acids is 1. The van der Waals surface area contributed by atoms with Crippen LogP contribution in [0.15, 0.2) is 59.3 Å². The third-order valence-corrected chi connectivity index (χ3v) is 8.46. The summed E-state index contributed by atoms with van der Waals surface area (Å²) in [6, 6.07) is 12.7.